The molecule has 0 saturated carbocycles. The largest absolute Gasteiger partial charge is 0.353 e. The molecule has 1 heterocycles. The first-order valence-corrected chi connectivity index (χ1v) is 5.07. The first kappa shape index (κ1) is 11.0. The lowest BCUT2D eigenvalue weighted by Gasteiger charge is -2.08. The van der Waals surface area contributed by atoms with Gasteiger partial charge in [-0.1, -0.05) is 12.2 Å². The highest BCUT2D eigenvalue weighted by atomic mass is 16.1. The quantitative estimate of drug-likeness (QED) is 0.511. The van der Waals surface area contributed by atoms with E-state index in [0.29, 0.717) is 18.4 Å². The van der Waals surface area contributed by atoms with Gasteiger partial charge in [0.2, 0.25) is 5.91 Å². The molecule has 0 bridgehead atoms. The van der Waals surface area contributed by atoms with Gasteiger partial charge in [0, 0.05) is 19.6 Å². The van der Waals surface area contributed by atoms with Gasteiger partial charge in [0.05, 0.1) is 0 Å². The standard InChI is InChI=1S/C11H18N2O/c1-3-9-7-12-8-10(9)5-6-11(14)13-4-2/h3,5-6,9-10,12H,1,4,7-8H2,2H3,(H,13,14)/b6-5+. The monoisotopic (exact) mass is 194 g/mol. The van der Waals surface area contributed by atoms with Crippen molar-refractivity contribution in [3.05, 3.63) is 24.8 Å². The average Bonchev–Trinajstić information content (AvgIpc) is 2.62. The summed E-state index contributed by atoms with van der Waals surface area (Å²) >= 11 is 0. The van der Waals surface area contributed by atoms with Crippen LogP contribution in [0.5, 0.6) is 0 Å². The second-order valence-corrected chi connectivity index (χ2v) is 3.48. The van der Waals surface area contributed by atoms with Gasteiger partial charge in [-0.15, -0.1) is 6.58 Å². The Morgan fingerprint density at radius 2 is 2.29 bits per heavy atom. The van der Waals surface area contributed by atoms with Crippen molar-refractivity contribution < 1.29 is 4.79 Å². The summed E-state index contributed by atoms with van der Waals surface area (Å²) in [4.78, 5) is 11.2. The maximum Gasteiger partial charge on any atom is 0.243 e. The first-order valence-electron chi connectivity index (χ1n) is 5.07. The van der Waals surface area contributed by atoms with Gasteiger partial charge < -0.3 is 10.6 Å². The van der Waals surface area contributed by atoms with E-state index in [1.165, 1.54) is 0 Å². The molecular formula is C11H18N2O. The third-order valence-corrected chi connectivity index (χ3v) is 2.46. The van der Waals surface area contributed by atoms with E-state index in [1.807, 2.05) is 19.1 Å². The molecular weight excluding hydrogens is 176 g/mol. The Labute approximate surface area is 85.3 Å². The zero-order chi connectivity index (χ0) is 10.4. The van der Waals surface area contributed by atoms with E-state index >= 15 is 0 Å². The van der Waals surface area contributed by atoms with Gasteiger partial charge in [-0.3, -0.25) is 4.79 Å². The minimum Gasteiger partial charge on any atom is -0.353 e. The number of nitrogens with one attached hydrogen (secondary N) is 2. The molecule has 0 aromatic heterocycles. The third kappa shape index (κ3) is 3.00. The molecule has 1 aliphatic rings. The number of carbonyl (C=O) groups excluding carboxylic acids is 1. The fraction of sp³-hybridized carbons (Fsp3) is 0.545. The number of hydrogen-bond acceptors (Lipinski definition) is 2. The van der Waals surface area contributed by atoms with Crippen molar-refractivity contribution >= 4 is 5.91 Å². The van der Waals surface area contributed by atoms with E-state index in [4.69, 9.17) is 0 Å². The zero-order valence-electron chi connectivity index (χ0n) is 8.62. The van der Waals surface area contributed by atoms with Gasteiger partial charge in [0.1, 0.15) is 0 Å². The van der Waals surface area contributed by atoms with Crippen molar-refractivity contribution in [2.45, 2.75) is 6.92 Å². The van der Waals surface area contributed by atoms with Crippen LogP contribution in [0.2, 0.25) is 0 Å². The van der Waals surface area contributed by atoms with Crippen molar-refractivity contribution in [1.29, 1.82) is 0 Å². The highest BCUT2D eigenvalue weighted by molar-refractivity contribution is 5.87. The molecule has 14 heavy (non-hydrogen) atoms. The summed E-state index contributed by atoms with van der Waals surface area (Å²) in [5.41, 5.74) is 0. The Bertz CT molecular complexity index is 235. The minimum absolute atomic E-state index is 0.0118. The van der Waals surface area contributed by atoms with Crippen LogP contribution in [0.4, 0.5) is 0 Å². The van der Waals surface area contributed by atoms with Crippen LogP contribution >= 0.6 is 0 Å². The van der Waals surface area contributed by atoms with E-state index in [2.05, 4.69) is 17.2 Å². The molecule has 2 N–H and O–H groups in total. The molecule has 0 radical (unpaired) electrons. The molecule has 2 atom stereocenters. The summed E-state index contributed by atoms with van der Waals surface area (Å²) in [7, 11) is 0. The van der Waals surface area contributed by atoms with Crippen LogP contribution in [0.15, 0.2) is 24.8 Å². The van der Waals surface area contributed by atoms with Crippen LogP contribution in [0.1, 0.15) is 6.92 Å². The summed E-state index contributed by atoms with van der Waals surface area (Å²) in [6.45, 7) is 8.27. The van der Waals surface area contributed by atoms with E-state index < -0.39 is 0 Å². The second-order valence-electron chi connectivity index (χ2n) is 3.48. The van der Waals surface area contributed by atoms with Crippen molar-refractivity contribution in [3.63, 3.8) is 0 Å². The molecule has 1 rings (SSSR count). The lowest BCUT2D eigenvalue weighted by molar-refractivity contribution is -0.116. The number of likely N-dealkylation sites (N-methyl/N-ethyl adjacent to an activating group) is 1. The second kappa shape index (κ2) is 5.60. The van der Waals surface area contributed by atoms with Gasteiger partial charge in [-0.05, 0) is 24.8 Å². The predicted octanol–water partition coefficient (Wildman–Crippen LogP) is 0.700. The summed E-state index contributed by atoms with van der Waals surface area (Å²) in [6.07, 6.45) is 5.54. The van der Waals surface area contributed by atoms with Gasteiger partial charge in [0.25, 0.3) is 0 Å². The summed E-state index contributed by atoms with van der Waals surface area (Å²) in [5, 5.41) is 6.01. The van der Waals surface area contributed by atoms with E-state index in [1.54, 1.807) is 6.08 Å². The maximum absolute atomic E-state index is 11.2. The van der Waals surface area contributed by atoms with Gasteiger partial charge in [-0.25, -0.2) is 0 Å². The molecule has 0 spiro atoms. The molecule has 78 valence electrons. The average molecular weight is 194 g/mol. The van der Waals surface area contributed by atoms with Crippen molar-refractivity contribution in [3.8, 4) is 0 Å². The minimum atomic E-state index is -0.0118. The topological polar surface area (TPSA) is 41.1 Å². The Balaban J connectivity index is 2.42. The number of hydrogen-bond donors (Lipinski definition) is 2. The highest BCUT2D eigenvalue weighted by Crippen LogP contribution is 2.18. The van der Waals surface area contributed by atoms with E-state index in [-0.39, 0.29) is 5.91 Å². The Morgan fingerprint density at radius 1 is 1.57 bits per heavy atom. The van der Waals surface area contributed by atoms with Crippen LogP contribution in [0.25, 0.3) is 0 Å². The molecule has 0 aliphatic carbocycles. The van der Waals surface area contributed by atoms with Gasteiger partial charge in [0.15, 0.2) is 0 Å². The highest BCUT2D eigenvalue weighted by Gasteiger charge is 2.21. The van der Waals surface area contributed by atoms with Crippen molar-refractivity contribution in [2.75, 3.05) is 19.6 Å². The molecule has 0 aromatic carbocycles. The predicted molar refractivity (Wildman–Crippen MR) is 57.9 cm³/mol. The lowest BCUT2D eigenvalue weighted by atomic mass is 9.96. The SMILES string of the molecule is C=CC1CNCC1/C=C/C(=O)NCC. The molecule has 2 unspecified atom stereocenters. The number of rotatable bonds is 4. The van der Waals surface area contributed by atoms with Gasteiger partial charge in [-0.2, -0.15) is 0 Å². The summed E-state index contributed by atoms with van der Waals surface area (Å²) in [5.74, 6) is 0.859. The smallest absolute Gasteiger partial charge is 0.243 e. The fourth-order valence-electron chi connectivity index (χ4n) is 1.63. The van der Waals surface area contributed by atoms with Crippen molar-refractivity contribution in [2.24, 2.45) is 11.8 Å². The van der Waals surface area contributed by atoms with Crippen LogP contribution in [0.3, 0.4) is 0 Å². The molecule has 0 aromatic rings. The molecule has 1 fully saturated rings. The Hall–Kier alpha value is -1.09. The number of amides is 1. The lowest BCUT2D eigenvalue weighted by Crippen LogP contribution is -2.20. The summed E-state index contributed by atoms with van der Waals surface area (Å²) in [6, 6.07) is 0. The zero-order valence-corrected chi connectivity index (χ0v) is 8.62. The molecule has 3 heteroatoms. The Morgan fingerprint density at radius 3 is 2.93 bits per heavy atom. The molecule has 1 amide bonds. The van der Waals surface area contributed by atoms with Gasteiger partial charge >= 0.3 is 0 Å². The van der Waals surface area contributed by atoms with Crippen molar-refractivity contribution in [1.82, 2.24) is 10.6 Å². The number of carbonyl (C=O) groups is 1. The van der Waals surface area contributed by atoms with Crippen LogP contribution < -0.4 is 10.6 Å². The normalized spacial score (nSPS) is 26.6. The molecule has 1 saturated heterocycles. The first-order chi connectivity index (χ1) is 6.77. The Kier molecular flexibility index (Phi) is 4.40. The maximum atomic E-state index is 11.2. The summed E-state index contributed by atoms with van der Waals surface area (Å²) < 4.78 is 0. The van der Waals surface area contributed by atoms with Crippen LogP contribution in [0, 0.1) is 11.8 Å². The van der Waals surface area contributed by atoms with E-state index in [0.717, 1.165) is 13.1 Å². The molecule has 3 nitrogen and oxygen atoms in total. The van der Waals surface area contributed by atoms with E-state index in [9.17, 15) is 4.79 Å². The third-order valence-electron chi connectivity index (χ3n) is 2.46. The molecule has 1 aliphatic heterocycles. The fourth-order valence-corrected chi connectivity index (χ4v) is 1.63. The van der Waals surface area contributed by atoms with Crippen LogP contribution in [-0.4, -0.2) is 25.5 Å². The van der Waals surface area contributed by atoms with Crippen LogP contribution in [-0.2, 0) is 4.79 Å².